The zero-order valence-electron chi connectivity index (χ0n) is 10.0. The van der Waals surface area contributed by atoms with Gasteiger partial charge in [-0.2, -0.15) is 0 Å². The summed E-state index contributed by atoms with van der Waals surface area (Å²) in [5.74, 6) is 0.112. The molecule has 1 heterocycles. The molecule has 19 heavy (non-hydrogen) atoms. The van der Waals surface area contributed by atoms with E-state index < -0.39 is 0 Å². The monoisotopic (exact) mass is 274 g/mol. The van der Waals surface area contributed by atoms with Crippen LogP contribution in [0.2, 0.25) is 0 Å². The molecule has 2 aromatic carbocycles. The Morgan fingerprint density at radius 2 is 1.68 bits per heavy atom. The average Bonchev–Trinajstić information content (AvgIpc) is 2.39. The maximum Gasteiger partial charge on any atom is 0.131 e. The van der Waals surface area contributed by atoms with Crippen LogP contribution in [0, 0.1) is 5.82 Å². The fourth-order valence-electron chi connectivity index (χ4n) is 2.00. The summed E-state index contributed by atoms with van der Waals surface area (Å²) in [6, 6.07) is 16.3. The molecular formula is C15H12ClFN2. The van der Waals surface area contributed by atoms with Crippen molar-refractivity contribution in [3.05, 3.63) is 60.4 Å². The van der Waals surface area contributed by atoms with Crippen molar-refractivity contribution in [3.8, 4) is 11.1 Å². The molecule has 0 fully saturated rings. The van der Waals surface area contributed by atoms with Gasteiger partial charge in [0, 0.05) is 17.0 Å². The van der Waals surface area contributed by atoms with Crippen molar-refractivity contribution in [2.75, 3.05) is 5.73 Å². The lowest BCUT2D eigenvalue weighted by molar-refractivity contribution is 0.629. The van der Waals surface area contributed by atoms with E-state index in [1.807, 2.05) is 36.4 Å². The number of nitrogen functional groups attached to an aromatic ring is 1. The molecule has 0 aliphatic carbocycles. The molecule has 0 saturated carbocycles. The first-order chi connectivity index (χ1) is 8.74. The number of pyridine rings is 1. The maximum atomic E-state index is 13.1. The van der Waals surface area contributed by atoms with Crippen molar-refractivity contribution in [2.24, 2.45) is 0 Å². The van der Waals surface area contributed by atoms with E-state index in [1.54, 1.807) is 6.07 Å². The number of hydrogen-bond donors (Lipinski definition) is 1. The van der Waals surface area contributed by atoms with Crippen LogP contribution in [-0.2, 0) is 0 Å². The minimum Gasteiger partial charge on any atom is -0.383 e. The van der Waals surface area contributed by atoms with Gasteiger partial charge >= 0.3 is 0 Å². The maximum absolute atomic E-state index is 13.1. The molecule has 1 aromatic heterocycles. The highest BCUT2D eigenvalue weighted by molar-refractivity contribution is 5.88. The van der Waals surface area contributed by atoms with Crippen LogP contribution in [0.1, 0.15) is 0 Å². The zero-order chi connectivity index (χ0) is 12.5. The van der Waals surface area contributed by atoms with E-state index in [4.69, 9.17) is 5.73 Å². The van der Waals surface area contributed by atoms with Crippen molar-refractivity contribution in [1.82, 2.24) is 4.98 Å². The quantitative estimate of drug-likeness (QED) is 0.727. The number of fused-ring (bicyclic) bond motifs is 1. The zero-order valence-corrected chi connectivity index (χ0v) is 10.8. The largest absolute Gasteiger partial charge is 0.383 e. The second-order valence-electron chi connectivity index (χ2n) is 4.12. The Hall–Kier alpha value is -2.13. The number of nitrogens with two attached hydrogens (primary N) is 1. The lowest BCUT2D eigenvalue weighted by atomic mass is 10.0. The van der Waals surface area contributed by atoms with Gasteiger partial charge in [-0.05, 0) is 23.8 Å². The van der Waals surface area contributed by atoms with E-state index in [0.717, 1.165) is 16.5 Å². The third kappa shape index (κ3) is 2.51. The van der Waals surface area contributed by atoms with Gasteiger partial charge in [0.1, 0.15) is 11.6 Å². The van der Waals surface area contributed by atoms with Gasteiger partial charge in [0.15, 0.2) is 0 Å². The van der Waals surface area contributed by atoms with Crippen LogP contribution in [0.5, 0.6) is 0 Å². The highest BCUT2D eigenvalue weighted by Crippen LogP contribution is 2.28. The molecule has 4 heteroatoms. The van der Waals surface area contributed by atoms with Crippen LogP contribution in [0.15, 0.2) is 54.6 Å². The first-order valence-corrected chi connectivity index (χ1v) is 5.65. The third-order valence-electron chi connectivity index (χ3n) is 2.89. The lowest BCUT2D eigenvalue weighted by Crippen LogP contribution is -1.95. The van der Waals surface area contributed by atoms with Crippen molar-refractivity contribution in [2.45, 2.75) is 0 Å². The molecule has 0 radical (unpaired) electrons. The fourth-order valence-corrected chi connectivity index (χ4v) is 2.00. The summed E-state index contributed by atoms with van der Waals surface area (Å²) in [6.45, 7) is 0. The molecule has 0 unspecified atom stereocenters. The molecule has 0 amide bonds. The van der Waals surface area contributed by atoms with Gasteiger partial charge in [0.2, 0.25) is 0 Å². The molecule has 2 N–H and O–H groups in total. The molecule has 0 aliphatic heterocycles. The minimum atomic E-state index is -0.304. The summed E-state index contributed by atoms with van der Waals surface area (Å²) in [6.07, 6.45) is 0. The van der Waals surface area contributed by atoms with Crippen LogP contribution in [0.4, 0.5) is 10.2 Å². The molecule has 0 saturated heterocycles. The van der Waals surface area contributed by atoms with Gasteiger partial charge in [0.25, 0.3) is 0 Å². The van der Waals surface area contributed by atoms with Gasteiger partial charge in [-0.1, -0.05) is 30.3 Å². The van der Waals surface area contributed by atoms with Crippen molar-refractivity contribution in [1.29, 1.82) is 0 Å². The van der Waals surface area contributed by atoms with Gasteiger partial charge in [0.05, 0.1) is 5.52 Å². The van der Waals surface area contributed by atoms with Gasteiger partial charge in [-0.25, -0.2) is 9.37 Å². The smallest absolute Gasteiger partial charge is 0.131 e. The van der Waals surface area contributed by atoms with Gasteiger partial charge in [-0.3, -0.25) is 0 Å². The SMILES string of the molecule is Cl.Nc1nc2cc(F)ccc2cc1-c1ccccc1. The number of nitrogens with zero attached hydrogens (tertiary/aromatic N) is 1. The average molecular weight is 275 g/mol. The molecule has 0 spiro atoms. The Morgan fingerprint density at radius 1 is 0.947 bits per heavy atom. The number of halogens is 2. The predicted octanol–water partition coefficient (Wildman–Crippen LogP) is 4.04. The Balaban J connectivity index is 0.00000133. The van der Waals surface area contributed by atoms with Crippen molar-refractivity contribution in [3.63, 3.8) is 0 Å². The summed E-state index contributed by atoms with van der Waals surface area (Å²) in [5.41, 5.74) is 8.39. The van der Waals surface area contributed by atoms with E-state index in [2.05, 4.69) is 4.98 Å². The number of rotatable bonds is 1. The second-order valence-corrected chi connectivity index (χ2v) is 4.12. The van der Waals surface area contributed by atoms with Gasteiger partial charge in [-0.15, -0.1) is 12.4 Å². The highest BCUT2D eigenvalue weighted by atomic mass is 35.5. The van der Waals surface area contributed by atoms with E-state index in [0.29, 0.717) is 11.3 Å². The van der Waals surface area contributed by atoms with E-state index in [1.165, 1.54) is 12.1 Å². The Morgan fingerprint density at radius 3 is 2.42 bits per heavy atom. The Bertz CT molecular complexity index is 714. The lowest BCUT2D eigenvalue weighted by Gasteiger charge is -2.07. The van der Waals surface area contributed by atoms with E-state index in [-0.39, 0.29) is 18.2 Å². The fraction of sp³-hybridized carbons (Fsp3) is 0. The second kappa shape index (κ2) is 5.24. The van der Waals surface area contributed by atoms with Crippen LogP contribution in [0.25, 0.3) is 22.0 Å². The van der Waals surface area contributed by atoms with Crippen molar-refractivity contribution < 1.29 is 4.39 Å². The summed E-state index contributed by atoms with van der Waals surface area (Å²) in [5, 5.41) is 0.879. The number of hydrogen-bond acceptors (Lipinski definition) is 2. The first kappa shape index (κ1) is 13.3. The molecule has 3 rings (SSSR count). The first-order valence-electron chi connectivity index (χ1n) is 5.65. The Kier molecular flexibility index (Phi) is 3.67. The van der Waals surface area contributed by atoms with E-state index in [9.17, 15) is 4.39 Å². The van der Waals surface area contributed by atoms with Gasteiger partial charge < -0.3 is 5.73 Å². The number of benzene rings is 2. The Labute approximate surface area is 116 Å². The van der Waals surface area contributed by atoms with Crippen LogP contribution >= 0.6 is 12.4 Å². The van der Waals surface area contributed by atoms with Crippen LogP contribution in [-0.4, -0.2) is 4.98 Å². The van der Waals surface area contributed by atoms with Crippen LogP contribution in [0.3, 0.4) is 0 Å². The number of anilines is 1. The summed E-state index contributed by atoms with van der Waals surface area (Å²) < 4.78 is 13.1. The van der Waals surface area contributed by atoms with Crippen molar-refractivity contribution >= 4 is 29.1 Å². The highest BCUT2D eigenvalue weighted by Gasteiger charge is 2.06. The minimum absolute atomic E-state index is 0. The molecule has 0 atom stereocenters. The van der Waals surface area contributed by atoms with E-state index >= 15 is 0 Å². The third-order valence-corrected chi connectivity index (χ3v) is 2.89. The van der Waals surface area contributed by atoms with Crippen LogP contribution < -0.4 is 5.73 Å². The molecule has 96 valence electrons. The standard InChI is InChI=1S/C15H11FN2.ClH/c16-12-7-6-11-8-13(10-4-2-1-3-5-10)15(17)18-14(11)9-12;/h1-9H,(H2,17,18);1H. The molecular weight excluding hydrogens is 263 g/mol. The molecule has 2 nitrogen and oxygen atoms in total. The molecule has 0 bridgehead atoms. The number of aromatic nitrogens is 1. The molecule has 3 aromatic rings. The normalized spacial score (nSPS) is 10.2. The summed E-state index contributed by atoms with van der Waals surface area (Å²) >= 11 is 0. The topological polar surface area (TPSA) is 38.9 Å². The molecule has 0 aliphatic rings. The summed E-state index contributed by atoms with van der Waals surface area (Å²) in [7, 11) is 0. The summed E-state index contributed by atoms with van der Waals surface area (Å²) in [4.78, 5) is 4.25. The predicted molar refractivity (Wildman–Crippen MR) is 78.8 cm³/mol.